The van der Waals surface area contributed by atoms with E-state index in [1.165, 1.54) is 37.1 Å². The highest BCUT2D eigenvalue weighted by Crippen LogP contribution is 2.28. The largest absolute Gasteiger partial charge is 0.382 e. The third-order valence-corrected chi connectivity index (χ3v) is 7.81. The number of benzene rings is 2. The molecule has 4 nitrogen and oxygen atoms in total. The van der Waals surface area contributed by atoms with Crippen molar-refractivity contribution in [1.82, 2.24) is 9.80 Å². The fraction of sp³-hybridized carbons (Fsp3) is 0.500. The molecule has 2 aromatic carbocycles. The maximum Gasteiger partial charge on any atom is 0.0994 e. The smallest absolute Gasteiger partial charge is 0.0994 e. The van der Waals surface area contributed by atoms with Crippen LogP contribution in [0, 0.1) is 25.2 Å². The first-order valence-corrected chi connectivity index (χ1v) is 12.8. The summed E-state index contributed by atoms with van der Waals surface area (Å²) in [6.07, 6.45) is 5.70. The number of hydrogen-bond donors (Lipinski definition) is 1. The Bertz CT molecular complexity index is 978. The van der Waals surface area contributed by atoms with Crippen molar-refractivity contribution in [3.8, 4) is 6.07 Å². The summed E-state index contributed by atoms with van der Waals surface area (Å²) in [7, 11) is 0. The number of anilines is 1. The van der Waals surface area contributed by atoms with Crippen LogP contribution in [0.15, 0.2) is 42.5 Å². The van der Waals surface area contributed by atoms with Crippen molar-refractivity contribution in [3.05, 3.63) is 64.7 Å². The average molecular weight is 461 g/mol. The van der Waals surface area contributed by atoms with Crippen molar-refractivity contribution in [2.75, 3.05) is 38.0 Å². The molecule has 0 saturated carbocycles. The van der Waals surface area contributed by atoms with E-state index in [4.69, 9.17) is 17.5 Å². The quantitative estimate of drug-likeness (QED) is 0.564. The van der Waals surface area contributed by atoms with Gasteiger partial charge in [0.25, 0.3) is 0 Å². The summed E-state index contributed by atoms with van der Waals surface area (Å²) in [4.78, 5) is 6.14. The number of piperidine rings is 2. The van der Waals surface area contributed by atoms with E-state index in [-0.39, 0.29) is 0 Å². The third kappa shape index (κ3) is 6.34. The molecule has 0 aliphatic carbocycles. The lowest BCUT2D eigenvalue weighted by Gasteiger charge is -2.36. The monoisotopic (exact) mass is 460 g/mol. The van der Waals surface area contributed by atoms with Crippen LogP contribution in [0.1, 0.15) is 60.3 Å². The molecule has 0 unspecified atom stereocenters. The van der Waals surface area contributed by atoms with Crippen LogP contribution in [0.2, 0.25) is 0 Å². The first-order valence-electron chi connectivity index (χ1n) is 12.4. The number of aryl methyl sites for hydroxylation is 2. The Kier molecular flexibility index (Phi) is 8.01. The van der Waals surface area contributed by atoms with Gasteiger partial charge in [-0.3, -0.25) is 0 Å². The summed E-state index contributed by atoms with van der Waals surface area (Å²) in [5.74, 6) is 0.709. The first-order chi connectivity index (χ1) is 16.0. The van der Waals surface area contributed by atoms with Crippen LogP contribution >= 0.6 is 12.2 Å². The molecule has 0 amide bonds. The summed E-state index contributed by atoms with van der Waals surface area (Å²) >= 11 is 5.82. The van der Waals surface area contributed by atoms with E-state index in [0.717, 1.165) is 60.7 Å². The molecule has 2 aliphatic heterocycles. The molecular weight excluding hydrogens is 424 g/mol. The van der Waals surface area contributed by atoms with Crippen molar-refractivity contribution in [2.45, 2.75) is 57.9 Å². The van der Waals surface area contributed by atoms with Gasteiger partial charge >= 0.3 is 0 Å². The number of thiocarbonyl (C=S) groups is 1. The summed E-state index contributed by atoms with van der Waals surface area (Å²) in [6, 6.07) is 17.8. The lowest BCUT2D eigenvalue weighted by atomic mass is 9.89. The number of nitrogens with zero attached hydrogens (tertiary/aromatic N) is 3. The highest BCUT2D eigenvalue weighted by molar-refractivity contribution is 7.80. The number of nitriles is 1. The normalized spacial score (nSPS) is 18.2. The lowest BCUT2D eigenvalue weighted by molar-refractivity contribution is 0.215. The van der Waals surface area contributed by atoms with Crippen molar-refractivity contribution in [2.24, 2.45) is 0 Å². The fourth-order valence-electron chi connectivity index (χ4n) is 5.13. The fourth-order valence-corrected chi connectivity index (χ4v) is 5.40. The second-order valence-corrected chi connectivity index (χ2v) is 10.2. The maximum absolute atomic E-state index is 9.11. The molecular formula is C28H36N4S. The second-order valence-electron chi connectivity index (χ2n) is 9.72. The Morgan fingerprint density at radius 2 is 1.70 bits per heavy atom. The van der Waals surface area contributed by atoms with Crippen LogP contribution in [0.4, 0.5) is 5.69 Å². The Morgan fingerprint density at radius 1 is 1.00 bits per heavy atom. The molecule has 0 aromatic heterocycles. The van der Waals surface area contributed by atoms with Crippen LogP contribution in [-0.2, 0) is 0 Å². The van der Waals surface area contributed by atoms with Gasteiger partial charge in [0.15, 0.2) is 0 Å². The minimum Gasteiger partial charge on any atom is -0.382 e. The minimum absolute atomic E-state index is 0.470. The van der Waals surface area contributed by atoms with Gasteiger partial charge in [-0.05, 0) is 87.9 Å². The van der Waals surface area contributed by atoms with Gasteiger partial charge in [-0.25, -0.2) is 0 Å². The van der Waals surface area contributed by atoms with Gasteiger partial charge in [-0.1, -0.05) is 42.0 Å². The zero-order valence-electron chi connectivity index (χ0n) is 20.0. The van der Waals surface area contributed by atoms with Crippen molar-refractivity contribution >= 4 is 22.9 Å². The van der Waals surface area contributed by atoms with Gasteiger partial charge in [0.2, 0.25) is 0 Å². The van der Waals surface area contributed by atoms with Crippen LogP contribution in [0.25, 0.3) is 0 Å². The van der Waals surface area contributed by atoms with E-state index >= 15 is 0 Å². The zero-order valence-corrected chi connectivity index (χ0v) is 20.8. The zero-order chi connectivity index (χ0) is 23.2. The molecule has 2 aromatic rings. The Morgan fingerprint density at radius 3 is 2.33 bits per heavy atom. The molecule has 5 heteroatoms. The summed E-state index contributed by atoms with van der Waals surface area (Å²) < 4.78 is 0. The van der Waals surface area contributed by atoms with Crippen molar-refractivity contribution < 1.29 is 0 Å². The number of hydrogen-bond acceptors (Lipinski definition) is 4. The van der Waals surface area contributed by atoms with E-state index < -0.39 is 0 Å². The molecule has 0 radical (unpaired) electrons. The highest BCUT2D eigenvalue weighted by atomic mass is 32.1. The van der Waals surface area contributed by atoms with Crippen LogP contribution in [-0.4, -0.2) is 53.6 Å². The molecule has 0 spiro atoms. The van der Waals surface area contributed by atoms with Crippen LogP contribution in [0.5, 0.6) is 0 Å². The van der Waals surface area contributed by atoms with Gasteiger partial charge in [-0.15, -0.1) is 0 Å². The number of rotatable bonds is 6. The summed E-state index contributed by atoms with van der Waals surface area (Å²) in [6.45, 7) is 9.65. The van der Waals surface area contributed by atoms with Gasteiger partial charge in [0, 0.05) is 37.8 Å². The molecule has 33 heavy (non-hydrogen) atoms. The van der Waals surface area contributed by atoms with E-state index in [1.54, 1.807) is 0 Å². The molecule has 2 saturated heterocycles. The predicted molar refractivity (Wildman–Crippen MR) is 141 cm³/mol. The number of likely N-dealkylation sites (tertiary alicyclic amines) is 2. The van der Waals surface area contributed by atoms with E-state index in [9.17, 15) is 0 Å². The molecule has 0 atom stereocenters. The van der Waals surface area contributed by atoms with Crippen molar-refractivity contribution in [1.29, 1.82) is 5.26 Å². The van der Waals surface area contributed by atoms with Gasteiger partial charge in [0.05, 0.1) is 16.6 Å². The van der Waals surface area contributed by atoms with Crippen LogP contribution in [0.3, 0.4) is 0 Å². The lowest BCUT2D eigenvalue weighted by Crippen LogP contribution is -2.43. The SMILES string of the molecule is Cc1ccc(C2CCN(CCC(=S)N3CCC(Nc4ccc(C#N)c(C)c4)CC3)CC2)cc1. The standard InChI is InChI=1S/C28H36N4S/c1-21-3-5-23(6-4-21)24-9-14-31(15-10-24)16-13-28(33)32-17-11-26(12-18-32)30-27-8-7-25(20-29)22(2)19-27/h3-8,19,24,26,30H,9-18H2,1-2H3. The second kappa shape index (κ2) is 11.1. The minimum atomic E-state index is 0.470. The molecule has 0 bridgehead atoms. The van der Waals surface area contributed by atoms with Gasteiger partial charge in [0.1, 0.15) is 0 Å². The molecule has 4 rings (SSSR count). The van der Waals surface area contributed by atoms with E-state index in [0.29, 0.717) is 12.0 Å². The molecule has 2 aliphatic rings. The molecule has 1 N–H and O–H groups in total. The van der Waals surface area contributed by atoms with Gasteiger partial charge in [-0.2, -0.15) is 5.26 Å². The summed E-state index contributed by atoms with van der Waals surface area (Å²) in [5, 5.41) is 12.8. The third-order valence-electron chi connectivity index (χ3n) is 7.34. The first kappa shape index (κ1) is 23.7. The topological polar surface area (TPSA) is 42.3 Å². The van der Waals surface area contributed by atoms with Crippen molar-refractivity contribution in [3.63, 3.8) is 0 Å². The summed E-state index contributed by atoms with van der Waals surface area (Å²) in [5.41, 5.74) is 5.74. The molecule has 2 fully saturated rings. The van der Waals surface area contributed by atoms with Crippen LogP contribution < -0.4 is 5.32 Å². The highest BCUT2D eigenvalue weighted by Gasteiger charge is 2.23. The molecule has 174 valence electrons. The maximum atomic E-state index is 9.11. The molecule has 2 heterocycles. The van der Waals surface area contributed by atoms with Gasteiger partial charge < -0.3 is 15.1 Å². The Hall–Kier alpha value is -2.42. The average Bonchev–Trinajstić information content (AvgIpc) is 2.84. The number of nitrogens with one attached hydrogen (secondary N) is 1. The Labute approximate surface area is 204 Å². The van der Waals surface area contributed by atoms with E-state index in [2.05, 4.69) is 58.4 Å². The predicted octanol–water partition coefficient (Wildman–Crippen LogP) is 5.65. The van der Waals surface area contributed by atoms with E-state index in [1.807, 2.05) is 19.1 Å². The Balaban J connectivity index is 1.16.